The average Bonchev–Trinajstić information content (AvgIpc) is 2.59. The first-order valence-corrected chi connectivity index (χ1v) is 14.0. The Labute approximate surface area is 186 Å². The zero-order chi connectivity index (χ0) is 22.9. The lowest BCUT2D eigenvalue weighted by atomic mass is 9.75. The molecule has 0 radical (unpaired) electrons. The summed E-state index contributed by atoms with van der Waals surface area (Å²) >= 11 is 0. The Morgan fingerprint density at radius 2 is 1.17 bits per heavy atom. The van der Waals surface area contributed by atoms with Crippen molar-refractivity contribution in [3.63, 3.8) is 0 Å². The molecule has 7 atom stereocenters. The molecule has 1 N–H and O–H groups in total. The highest BCUT2D eigenvalue weighted by atomic mass is 31.2. The van der Waals surface area contributed by atoms with Gasteiger partial charge in [0.15, 0.2) is 5.85 Å². The van der Waals surface area contributed by atoms with Crippen molar-refractivity contribution in [3.8, 4) is 0 Å². The molecule has 2 aliphatic carbocycles. The second-order valence-electron chi connectivity index (χ2n) is 12.2. The van der Waals surface area contributed by atoms with Crippen molar-refractivity contribution in [2.45, 2.75) is 119 Å². The van der Waals surface area contributed by atoms with Gasteiger partial charge in [0.1, 0.15) is 0 Å². The summed E-state index contributed by atoms with van der Waals surface area (Å²) in [6.45, 7) is 19.1. The summed E-state index contributed by atoms with van der Waals surface area (Å²) in [5, 5.41) is 11.2. The summed E-state index contributed by atoms with van der Waals surface area (Å²) in [4.78, 5) is 0. The van der Waals surface area contributed by atoms with Gasteiger partial charge in [0.25, 0.3) is 0 Å². The topological polar surface area (TPSA) is 55.8 Å². The van der Waals surface area contributed by atoms with E-state index in [1.54, 1.807) is 0 Å². The molecule has 2 saturated carbocycles. The smallest absolute Gasteiger partial charge is 0.359 e. The molecule has 4 nitrogen and oxygen atoms in total. The molecule has 2 aliphatic rings. The molecule has 5 heteroatoms. The van der Waals surface area contributed by atoms with Crippen LogP contribution in [0.4, 0.5) is 0 Å². The third-order valence-corrected chi connectivity index (χ3v) is 10.1. The molecule has 30 heavy (non-hydrogen) atoms. The minimum atomic E-state index is -3.72. The molecule has 0 saturated heterocycles. The van der Waals surface area contributed by atoms with Gasteiger partial charge in [-0.3, -0.25) is 4.57 Å². The Kier molecular flexibility index (Phi) is 9.11. The number of aliphatic hydroxyl groups is 1. The van der Waals surface area contributed by atoms with Gasteiger partial charge in [0, 0.05) is 0 Å². The van der Waals surface area contributed by atoms with Crippen LogP contribution in [0.3, 0.4) is 0 Å². The van der Waals surface area contributed by atoms with E-state index in [-0.39, 0.29) is 12.2 Å². The fourth-order valence-corrected chi connectivity index (χ4v) is 7.93. The normalized spacial score (nSPS) is 35.1. The van der Waals surface area contributed by atoms with Crippen LogP contribution in [0.2, 0.25) is 0 Å². The molecule has 2 rings (SSSR count). The molecule has 0 aromatic heterocycles. The molecule has 0 aliphatic heterocycles. The quantitative estimate of drug-likeness (QED) is 0.413. The van der Waals surface area contributed by atoms with Crippen molar-refractivity contribution in [2.24, 2.45) is 40.9 Å². The Hall–Kier alpha value is 0.110. The molecule has 2 fully saturated rings. The van der Waals surface area contributed by atoms with Crippen molar-refractivity contribution in [3.05, 3.63) is 0 Å². The van der Waals surface area contributed by atoms with Gasteiger partial charge in [-0.05, 0) is 66.6 Å². The van der Waals surface area contributed by atoms with E-state index in [1.165, 1.54) is 12.8 Å². The largest absolute Gasteiger partial charge is 0.380 e. The van der Waals surface area contributed by atoms with E-state index in [0.717, 1.165) is 25.7 Å². The van der Waals surface area contributed by atoms with E-state index in [9.17, 15) is 9.67 Å². The predicted molar refractivity (Wildman–Crippen MR) is 126 cm³/mol. The highest BCUT2D eigenvalue weighted by Crippen LogP contribution is 2.62. The van der Waals surface area contributed by atoms with Crippen LogP contribution in [-0.2, 0) is 13.6 Å². The van der Waals surface area contributed by atoms with E-state index >= 15 is 0 Å². The van der Waals surface area contributed by atoms with Gasteiger partial charge in [-0.2, -0.15) is 0 Å². The molecule has 0 unspecified atom stereocenters. The maximum absolute atomic E-state index is 14.4. The van der Waals surface area contributed by atoms with Gasteiger partial charge in [-0.15, -0.1) is 0 Å². The molecular weight excluding hydrogens is 395 g/mol. The maximum atomic E-state index is 14.4. The van der Waals surface area contributed by atoms with Crippen molar-refractivity contribution in [2.75, 3.05) is 0 Å². The lowest BCUT2D eigenvalue weighted by Gasteiger charge is -2.44. The van der Waals surface area contributed by atoms with Crippen LogP contribution in [0.1, 0.15) is 101 Å². The third-order valence-electron chi connectivity index (χ3n) is 7.56. The van der Waals surface area contributed by atoms with Crippen molar-refractivity contribution in [1.29, 1.82) is 0 Å². The third kappa shape index (κ3) is 6.56. The minimum absolute atomic E-state index is 0.116. The zero-order valence-electron chi connectivity index (χ0n) is 21.1. The fraction of sp³-hybridized carbons (Fsp3) is 1.00. The van der Waals surface area contributed by atoms with Gasteiger partial charge in [0.2, 0.25) is 0 Å². The van der Waals surface area contributed by atoms with Crippen molar-refractivity contribution < 1.29 is 18.7 Å². The van der Waals surface area contributed by atoms with Crippen LogP contribution >= 0.6 is 7.60 Å². The van der Waals surface area contributed by atoms with Gasteiger partial charge >= 0.3 is 7.60 Å². The van der Waals surface area contributed by atoms with Gasteiger partial charge < -0.3 is 14.2 Å². The molecular formula is C25H49O4P. The first kappa shape index (κ1) is 26.4. The summed E-state index contributed by atoms with van der Waals surface area (Å²) in [6.07, 6.45) is 6.10. The van der Waals surface area contributed by atoms with Gasteiger partial charge in [-0.1, -0.05) is 75.2 Å². The summed E-state index contributed by atoms with van der Waals surface area (Å²) < 4.78 is 27.3. The molecule has 0 aromatic rings. The van der Waals surface area contributed by atoms with E-state index in [2.05, 4.69) is 41.5 Å². The van der Waals surface area contributed by atoms with Crippen molar-refractivity contribution in [1.82, 2.24) is 0 Å². The van der Waals surface area contributed by atoms with Crippen LogP contribution in [0.15, 0.2) is 0 Å². The van der Waals surface area contributed by atoms with Crippen LogP contribution in [0.25, 0.3) is 0 Å². The molecule has 178 valence electrons. The SMILES string of the molecule is CC(C)[C@H]1CC[C@@H](C)C[C@H]1OP(=O)(O[C@@H]1C[C@H](C)CC[C@@H]1C(C)C)[C@@H](O)C(C)(C)C. The second-order valence-corrected chi connectivity index (χ2v) is 14.2. The average molecular weight is 445 g/mol. The van der Waals surface area contributed by atoms with Crippen LogP contribution in [0.5, 0.6) is 0 Å². The summed E-state index contributed by atoms with van der Waals surface area (Å²) in [5.74, 6) is 1.60. The van der Waals surface area contributed by atoms with Gasteiger partial charge in [-0.25, -0.2) is 0 Å². The van der Waals surface area contributed by atoms with E-state index in [4.69, 9.17) is 9.05 Å². The summed E-state index contributed by atoms with van der Waals surface area (Å²) in [6, 6.07) is 0. The first-order valence-electron chi connectivity index (χ1n) is 12.4. The Balaban J connectivity index is 2.34. The lowest BCUT2D eigenvalue weighted by molar-refractivity contribution is -0.0251. The van der Waals surface area contributed by atoms with Crippen LogP contribution in [-0.4, -0.2) is 23.2 Å². The molecule has 0 aromatic carbocycles. The first-order chi connectivity index (χ1) is 13.7. The second kappa shape index (κ2) is 10.4. The molecule has 0 bridgehead atoms. The standard InChI is InChI=1S/C25H49O4P/c1-16(2)20-12-10-18(5)14-22(20)28-30(27,24(26)25(7,8)9)29-23-15-19(6)11-13-21(23)17(3)4/h16-24,26H,10-15H2,1-9H3/t18-,19-,20-,21-,22-,23-,24-/m1/s1. The summed E-state index contributed by atoms with van der Waals surface area (Å²) in [7, 11) is -3.72. The van der Waals surface area contributed by atoms with Gasteiger partial charge in [0.05, 0.1) is 12.2 Å². The predicted octanol–water partition coefficient (Wildman–Crippen LogP) is 7.50. The number of rotatable bonds is 7. The Morgan fingerprint density at radius 3 is 1.47 bits per heavy atom. The van der Waals surface area contributed by atoms with Crippen molar-refractivity contribution >= 4 is 7.60 Å². The number of aliphatic hydroxyl groups excluding tert-OH is 1. The number of hydrogen-bond acceptors (Lipinski definition) is 4. The fourth-order valence-electron chi connectivity index (χ4n) is 5.46. The monoisotopic (exact) mass is 444 g/mol. The number of hydrogen-bond donors (Lipinski definition) is 1. The highest BCUT2D eigenvalue weighted by Gasteiger charge is 2.49. The van der Waals surface area contributed by atoms with Crippen LogP contribution < -0.4 is 0 Å². The van der Waals surface area contributed by atoms with E-state index in [0.29, 0.717) is 35.5 Å². The molecule has 0 heterocycles. The highest BCUT2D eigenvalue weighted by molar-refractivity contribution is 7.54. The maximum Gasteiger partial charge on any atom is 0.359 e. The molecule has 0 amide bonds. The lowest BCUT2D eigenvalue weighted by Crippen LogP contribution is -2.39. The van der Waals surface area contributed by atoms with E-state index in [1.807, 2.05) is 20.8 Å². The Bertz CT molecular complexity index is 544. The minimum Gasteiger partial charge on any atom is -0.380 e. The van der Waals surface area contributed by atoms with E-state index < -0.39 is 18.9 Å². The Morgan fingerprint density at radius 1 is 0.800 bits per heavy atom. The molecule has 0 spiro atoms. The summed E-state index contributed by atoms with van der Waals surface area (Å²) in [5.41, 5.74) is -0.573. The van der Waals surface area contributed by atoms with Crippen LogP contribution in [0, 0.1) is 40.9 Å². The zero-order valence-corrected chi connectivity index (χ0v) is 22.0.